The first kappa shape index (κ1) is 17.8. The first-order chi connectivity index (χ1) is 12.5. The van der Waals surface area contributed by atoms with Gasteiger partial charge < -0.3 is 9.84 Å². The molecule has 1 fully saturated rings. The van der Waals surface area contributed by atoms with Gasteiger partial charge in [0.25, 0.3) is 11.1 Å². The van der Waals surface area contributed by atoms with Crippen molar-refractivity contribution in [3.8, 4) is 5.75 Å². The third-order valence-corrected chi connectivity index (χ3v) is 4.56. The minimum Gasteiger partial charge on any atom is -0.492 e. The zero-order valence-corrected chi connectivity index (χ0v) is 14.4. The third-order valence-electron chi connectivity index (χ3n) is 3.66. The van der Waals surface area contributed by atoms with Gasteiger partial charge in [-0.2, -0.15) is 0 Å². The second kappa shape index (κ2) is 7.88. The zero-order chi connectivity index (χ0) is 18.5. The lowest BCUT2D eigenvalue weighted by Gasteiger charge is -2.13. The number of carbonyl (C=O) groups excluding carboxylic acids is 2. The number of hydrogen-bond donors (Lipinski definition) is 1. The van der Waals surface area contributed by atoms with E-state index in [2.05, 4.69) is 0 Å². The van der Waals surface area contributed by atoms with Crippen molar-refractivity contribution < 1.29 is 24.2 Å². The van der Waals surface area contributed by atoms with E-state index in [9.17, 15) is 14.4 Å². The van der Waals surface area contributed by atoms with E-state index in [4.69, 9.17) is 9.84 Å². The number of benzene rings is 2. The van der Waals surface area contributed by atoms with Crippen molar-refractivity contribution >= 4 is 35.0 Å². The maximum Gasteiger partial charge on any atom is 0.335 e. The van der Waals surface area contributed by atoms with E-state index < -0.39 is 5.97 Å². The molecule has 6 nitrogen and oxygen atoms in total. The van der Waals surface area contributed by atoms with E-state index in [-0.39, 0.29) is 29.9 Å². The summed E-state index contributed by atoms with van der Waals surface area (Å²) < 4.78 is 5.52. The number of nitrogens with zero attached hydrogens (tertiary/aromatic N) is 1. The van der Waals surface area contributed by atoms with Gasteiger partial charge in [0.15, 0.2) is 0 Å². The fourth-order valence-electron chi connectivity index (χ4n) is 2.34. The lowest BCUT2D eigenvalue weighted by molar-refractivity contribution is -0.123. The Morgan fingerprint density at radius 1 is 1.08 bits per heavy atom. The molecule has 132 valence electrons. The van der Waals surface area contributed by atoms with Crippen LogP contribution < -0.4 is 4.74 Å². The molecular formula is C19H15NO5S. The highest BCUT2D eigenvalue weighted by atomic mass is 32.2. The van der Waals surface area contributed by atoms with E-state index in [1.54, 1.807) is 30.3 Å². The Kier molecular flexibility index (Phi) is 5.38. The maximum absolute atomic E-state index is 12.4. The predicted octanol–water partition coefficient (Wildman–Crippen LogP) is 3.50. The second-order valence-corrected chi connectivity index (χ2v) is 6.42. The van der Waals surface area contributed by atoms with Gasteiger partial charge in [0, 0.05) is 0 Å². The summed E-state index contributed by atoms with van der Waals surface area (Å²) >= 11 is 0.860. The van der Waals surface area contributed by atoms with Crippen molar-refractivity contribution in [2.75, 3.05) is 13.2 Å². The molecule has 3 rings (SSSR count). The van der Waals surface area contributed by atoms with Crippen molar-refractivity contribution in [2.24, 2.45) is 0 Å². The summed E-state index contributed by atoms with van der Waals surface area (Å²) in [6.07, 6.45) is 1.58. The number of aromatic carboxylic acids is 1. The van der Waals surface area contributed by atoms with Crippen LogP contribution in [0.5, 0.6) is 5.75 Å². The first-order valence-electron chi connectivity index (χ1n) is 7.81. The number of imide groups is 1. The van der Waals surface area contributed by atoms with Gasteiger partial charge in [-0.15, -0.1) is 0 Å². The van der Waals surface area contributed by atoms with Gasteiger partial charge in [0.1, 0.15) is 12.4 Å². The Bertz CT molecular complexity index is 861. The SMILES string of the molecule is O=C(O)c1ccc(/C=C2\SC(=O)N(CCOc3ccccc3)C2=O)cc1. The fourth-order valence-corrected chi connectivity index (χ4v) is 3.20. The minimum atomic E-state index is -1.02. The van der Waals surface area contributed by atoms with Gasteiger partial charge >= 0.3 is 5.97 Å². The van der Waals surface area contributed by atoms with Gasteiger partial charge in [0.05, 0.1) is 17.0 Å². The molecule has 2 aromatic rings. The van der Waals surface area contributed by atoms with Crippen LogP contribution in [0.4, 0.5) is 4.79 Å². The number of carboxylic acid groups (broad SMARTS) is 1. The molecule has 1 N–H and O–H groups in total. The molecule has 1 aliphatic heterocycles. The molecule has 0 aromatic heterocycles. The summed E-state index contributed by atoms with van der Waals surface area (Å²) in [5.41, 5.74) is 0.814. The molecule has 26 heavy (non-hydrogen) atoms. The number of carbonyl (C=O) groups is 3. The highest BCUT2D eigenvalue weighted by Gasteiger charge is 2.34. The van der Waals surface area contributed by atoms with Crippen molar-refractivity contribution in [3.63, 3.8) is 0 Å². The Morgan fingerprint density at radius 2 is 1.77 bits per heavy atom. The quantitative estimate of drug-likeness (QED) is 0.785. The highest BCUT2D eigenvalue weighted by molar-refractivity contribution is 8.18. The molecule has 1 heterocycles. The topological polar surface area (TPSA) is 83.9 Å². The summed E-state index contributed by atoms with van der Waals surface area (Å²) in [4.78, 5) is 36.8. The predicted molar refractivity (Wildman–Crippen MR) is 98.0 cm³/mol. The molecule has 7 heteroatoms. The molecule has 2 aromatic carbocycles. The second-order valence-electron chi connectivity index (χ2n) is 5.42. The summed E-state index contributed by atoms with van der Waals surface area (Å²) in [7, 11) is 0. The third kappa shape index (κ3) is 4.12. The average molecular weight is 369 g/mol. The molecule has 0 unspecified atom stereocenters. The van der Waals surface area contributed by atoms with Crippen molar-refractivity contribution in [1.29, 1.82) is 0 Å². The molecule has 0 saturated carbocycles. The van der Waals surface area contributed by atoms with Crippen LogP contribution in [0.25, 0.3) is 6.08 Å². The molecule has 0 spiro atoms. The number of para-hydroxylation sites is 1. The number of rotatable bonds is 6. The Morgan fingerprint density at radius 3 is 2.42 bits per heavy atom. The summed E-state index contributed by atoms with van der Waals surface area (Å²) in [5.74, 6) is -0.720. The molecule has 0 atom stereocenters. The van der Waals surface area contributed by atoms with Crippen LogP contribution in [0.1, 0.15) is 15.9 Å². The molecule has 0 bridgehead atoms. The van der Waals surface area contributed by atoms with E-state index >= 15 is 0 Å². The Balaban J connectivity index is 1.63. The Hall–Kier alpha value is -3.06. The number of ether oxygens (including phenoxy) is 1. The maximum atomic E-state index is 12.4. The van der Waals surface area contributed by atoms with Crippen LogP contribution in [0.2, 0.25) is 0 Å². The van der Waals surface area contributed by atoms with Crippen LogP contribution >= 0.6 is 11.8 Å². The van der Waals surface area contributed by atoms with E-state index in [0.29, 0.717) is 16.2 Å². The smallest absolute Gasteiger partial charge is 0.335 e. The lowest BCUT2D eigenvalue weighted by atomic mass is 10.1. The molecular weight excluding hydrogens is 354 g/mol. The molecule has 1 saturated heterocycles. The van der Waals surface area contributed by atoms with Crippen molar-refractivity contribution in [2.45, 2.75) is 0 Å². The van der Waals surface area contributed by atoms with Crippen molar-refractivity contribution in [3.05, 3.63) is 70.6 Å². The fraction of sp³-hybridized carbons (Fsp3) is 0.105. The van der Waals surface area contributed by atoms with Crippen LogP contribution in [-0.4, -0.2) is 40.3 Å². The molecule has 1 aliphatic rings. The largest absolute Gasteiger partial charge is 0.492 e. The van der Waals surface area contributed by atoms with Crippen LogP contribution in [0.15, 0.2) is 59.5 Å². The number of carboxylic acids is 1. The van der Waals surface area contributed by atoms with Gasteiger partial charge in [-0.25, -0.2) is 4.79 Å². The van der Waals surface area contributed by atoms with Crippen LogP contribution in [-0.2, 0) is 4.79 Å². The normalized spacial score (nSPS) is 15.5. The number of amides is 2. The standard InChI is InChI=1S/C19H15NO5S/c21-17-16(12-13-6-8-14(9-7-13)18(22)23)26-19(24)20(17)10-11-25-15-4-2-1-3-5-15/h1-9,12H,10-11H2,(H,22,23)/b16-12-. The van der Waals surface area contributed by atoms with Crippen LogP contribution in [0.3, 0.4) is 0 Å². The zero-order valence-electron chi connectivity index (χ0n) is 13.6. The summed E-state index contributed by atoms with van der Waals surface area (Å²) in [6.45, 7) is 0.373. The number of hydrogen-bond acceptors (Lipinski definition) is 5. The van der Waals surface area contributed by atoms with Crippen molar-refractivity contribution in [1.82, 2.24) is 4.90 Å². The molecule has 0 radical (unpaired) electrons. The van der Waals surface area contributed by atoms with Gasteiger partial charge in [-0.1, -0.05) is 30.3 Å². The average Bonchev–Trinajstić information content (AvgIpc) is 2.90. The highest BCUT2D eigenvalue weighted by Crippen LogP contribution is 2.32. The monoisotopic (exact) mass is 369 g/mol. The van der Waals surface area contributed by atoms with Crippen LogP contribution in [0, 0.1) is 0 Å². The summed E-state index contributed by atoms with van der Waals surface area (Å²) in [6, 6.07) is 15.2. The van der Waals surface area contributed by atoms with Gasteiger partial charge in [-0.3, -0.25) is 14.5 Å². The minimum absolute atomic E-state index is 0.160. The Labute approximate surface area is 154 Å². The van der Waals surface area contributed by atoms with E-state index in [0.717, 1.165) is 16.7 Å². The van der Waals surface area contributed by atoms with Gasteiger partial charge in [-0.05, 0) is 47.7 Å². The van der Waals surface area contributed by atoms with E-state index in [1.165, 1.54) is 12.1 Å². The molecule has 0 aliphatic carbocycles. The summed E-state index contributed by atoms with van der Waals surface area (Å²) in [5, 5.41) is 8.55. The number of thioether (sulfide) groups is 1. The first-order valence-corrected chi connectivity index (χ1v) is 8.63. The van der Waals surface area contributed by atoms with Gasteiger partial charge in [0.2, 0.25) is 0 Å². The lowest BCUT2D eigenvalue weighted by Crippen LogP contribution is -2.32. The van der Waals surface area contributed by atoms with E-state index in [1.807, 2.05) is 18.2 Å². The molecule has 2 amide bonds.